The SMILES string of the molecule is CN(CCC(=O)N1CCC([C@@H]2CCNc3c(C(N)=O)c(-c4ccc(Oc5ccccc5)cc4)nn32)CC1)Cc1ccc(N2CCN(C(=O)c3cccc(N4CCC(=O)NC4=O)c3)CC2)cn1. The molecule has 0 aliphatic carbocycles. The molecule has 5 aromatic rings. The van der Waals surface area contributed by atoms with Crippen molar-refractivity contribution in [1.82, 2.24) is 34.8 Å². The molecular weight excluding hydrogens is 839 g/mol. The van der Waals surface area contributed by atoms with Gasteiger partial charge in [0.25, 0.3) is 11.8 Å². The minimum atomic E-state index is -0.530. The number of hydrogen-bond donors (Lipinski definition) is 3. The number of primary amides is 1. The number of pyridine rings is 1. The Morgan fingerprint density at radius 1 is 0.818 bits per heavy atom. The predicted molar refractivity (Wildman–Crippen MR) is 249 cm³/mol. The molecule has 3 aromatic carbocycles. The Morgan fingerprint density at radius 2 is 1.58 bits per heavy atom. The van der Waals surface area contributed by atoms with E-state index in [4.69, 9.17) is 20.6 Å². The Balaban J connectivity index is 0.725. The number of anilines is 3. The topological polar surface area (TPSA) is 192 Å². The smallest absolute Gasteiger partial charge is 0.328 e. The highest BCUT2D eigenvalue weighted by molar-refractivity contribution is 6.06. The van der Waals surface area contributed by atoms with Crippen LogP contribution in [0.3, 0.4) is 0 Å². The fraction of sp³-hybridized carbons (Fsp3) is 0.367. The fourth-order valence-corrected chi connectivity index (χ4v) is 9.48. The minimum absolute atomic E-state index is 0.0759. The number of nitrogens with zero attached hydrogens (tertiary/aromatic N) is 8. The Labute approximate surface area is 383 Å². The largest absolute Gasteiger partial charge is 0.457 e. The van der Waals surface area contributed by atoms with Crippen LogP contribution in [-0.2, 0) is 16.1 Å². The van der Waals surface area contributed by atoms with Gasteiger partial charge in [-0.25, -0.2) is 9.48 Å². The number of aromatic nitrogens is 3. The van der Waals surface area contributed by atoms with Gasteiger partial charge in [0.05, 0.1) is 23.6 Å². The quantitative estimate of drug-likeness (QED) is 0.138. The molecule has 4 N–H and O–H groups in total. The van der Waals surface area contributed by atoms with Gasteiger partial charge >= 0.3 is 6.03 Å². The molecule has 17 heteroatoms. The summed E-state index contributed by atoms with van der Waals surface area (Å²) < 4.78 is 7.93. The first-order chi connectivity index (χ1) is 32.1. The number of likely N-dealkylation sites (tertiary alicyclic amines) is 1. The number of carbonyl (C=O) groups excluding carboxylic acids is 5. The summed E-state index contributed by atoms with van der Waals surface area (Å²) in [5.41, 5.74) is 10.7. The lowest BCUT2D eigenvalue weighted by Gasteiger charge is -2.38. The molecule has 0 unspecified atom stereocenters. The Hall–Kier alpha value is -7.27. The maximum Gasteiger partial charge on any atom is 0.328 e. The van der Waals surface area contributed by atoms with Crippen LogP contribution < -0.4 is 30.9 Å². The number of benzene rings is 3. The standard InChI is InChI=1S/C49H55N11O6/c1-55(32-36-12-13-38(31-52-36)56-26-28-58(29-27-56)48(64)35-6-5-7-37(30-35)59-25-19-42(61)53-49(59)65)22-20-43(62)57-23-17-33(18-24-57)41-16-21-51-47-44(46(50)63)45(54-60(41)47)34-10-14-40(15-11-34)66-39-8-3-2-4-9-39/h2-15,30-31,33,41,51H,16-29,32H2,1H3,(H2,50,63)(H,53,61,65)/t41-/m0/s1. The van der Waals surface area contributed by atoms with Crippen LogP contribution in [0, 0.1) is 5.92 Å². The monoisotopic (exact) mass is 893 g/mol. The summed E-state index contributed by atoms with van der Waals surface area (Å²) in [7, 11) is 2.00. The van der Waals surface area contributed by atoms with Crippen LogP contribution >= 0.6 is 0 Å². The molecule has 0 bridgehead atoms. The van der Waals surface area contributed by atoms with Crippen molar-refractivity contribution in [2.75, 3.05) is 81.1 Å². The zero-order valence-electron chi connectivity index (χ0n) is 37.1. The van der Waals surface area contributed by atoms with Crippen LogP contribution in [0.1, 0.15) is 64.6 Å². The third-order valence-corrected chi connectivity index (χ3v) is 13.1. The molecule has 0 spiro atoms. The Kier molecular flexibility index (Phi) is 13.0. The van der Waals surface area contributed by atoms with Crippen molar-refractivity contribution in [2.24, 2.45) is 11.7 Å². The lowest BCUT2D eigenvalue weighted by molar-refractivity contribution is -0.133. The third-order valence-electron chi connectivity index (χ3n) is 13.1. The highest BCUT2D eigenvalue weighted by Gasteiger charge is 2.36. The first-order valence-corrected chi connectivity index (χ1v) is 22.7. The van der Waals surface area contributed by atoms with Crippen molar-refractivity contribution < 1.29 is 28.7 Å². The normalized spacial score (nSPS) is 17.9. The number of ether oxygens (including phenoxy) is 1. The number of imide groups is 1. The Bertz CT molecular complexity index is 2570. The molecule has 1 atom stereocenters. The summed E-state index contributed by atoms with van der Waals surface area (Å²) in [5, 5.41) is 10.7. The molecule has 3 fully saturated rings. The molecule has 4 aliphatic heterocycles. The number of nitrogens with two attached hydrogens (primary N) is 1. The van der Waals surface area contributed by atoms with E-state index in [0.717, 1.165) is 42.0 Å². The average Bonchev–Trinajstić information content (AvgIpc) is 3.75. The summed E-state index contributed by atoms with van der Waals surface area (Å²) >= 11 is 0. The summed E-state index contributed by atoms with van der Waals surface area (Å²) in [6, 6.07) is 27.7. The van der Waals surface area contributed by atoms with E-state index in [0.29, 0.717) is 105 Å². The zero-order chi connectivity index (χ0) is 45.7. The fourth-order valence-electron chi connectivity index (χ4n) is 9.48. The van der Waals surface area contributed by atoms with E-state index >= 15 is 0 Å². The summed E-state index contributed by atoms with van der Waals surface area (Å²) in [6.45, 7) is 5.94. The van der Waals surface area contributed by atoms with Crippen molar-refractivity contribution in [2.45, 2.75) is 44.7 Å². The van der Waals surface area contributed by atoms with Gasteiger partial charge < -0.3 is 35.4 Å². The predicted octanol–water partition coefficient (Wildman–Crippen LogP) is 5.36. The molecule has 4 aliphatic rings. The summed E-state index contributed by atoms with van der Waals surface area (Å²) in [5.74, 6) is 1.58. The molecule has 66 heavy (non-hydrogen) atoms. The van der Waals surface area contributed by atoms with E-state index in [9.17, 15) is 24.0 Å². The molecular formula is C49H55N11O6. The molecule has 0 radical (unpaired) electrons. The first-order valence-electron chi connectivity index (χ1n) is 22.7. The molecule has 9 rings (SSSR count). The van der Waals surface area contributed by atoms with Crippen LogP contribution in [0.25, 0.3) is 11.3 Å². The van der Waals surface area contributed by atoms with Gasteiger partial charge in [0, 0.05) is 95.1 Å². The van der Waals surface area contributed by atoms with E-state index < -0.39 is 11.9 Å². The van der Waals surface area contributed by atoms with Gasteiger partial charge in [0.2, 0.25) is 11.8 Å². The number of carbonyl (C=O) groups is 5. The van der Waals surface area contributed by atoms with E-state index in [1.165, 1.54) is 4.90 Å². The Morgan fingerprint density at radius 3 is 2.29 bits per heavy atom. The number of amides is 6. The number of urea groups is 1. The van der Waals surface area contributed by atoms with Crippen LogP contribution in [0.5, 0.6) is 11.5 Å². The van der Waals surface area contributed by atoms with Crippen molar-refractivity contribution in [3.8, 4) is 22.8 Å². The van der Waals surface area contributed by atoms with Gasteiger partial charge in [0.15, 0.2) is 0 Å². The van der Waals surface area contributed by atoms with Crippen molar-refractivity contribution in [3.63, 3.8) is 0 Å². The van der Waals surface area contributed by atoms with Gasteiger partial charge in [-0.3, -0.25) is 34.4 Å². The second-order valence-corrected chi connectivity index (χ2v) is 17.4. The maximum absolute atomic E-state index is 13.4. The number of para-hydroxylation sites is 1. The third kappa shape index (κ3) is 9.71. The van der Waals surface area contributed by atoms with Crippen molar-refractivity contribution in [1.29, 1.82) is 0 Å². The van der Waals surface area contributed by atoms with E-state index in [2.05, 4.69) is 26.5 Å². The second kappa shape index (κ2) is 19.5. The molecule has 0 saturated carbocycles. The number of nitrogens with one attached hydrogen (secondary N) is 2. The molecule has 6 heterocycles. The van der Waals surface area contributed by atoms with Crippen LogP contribution in [0.2, 0.25) is 0 Å². The lowest BCUT2D eigenvalue weighted by Crippen LogP contribution is -2.50. The molecule has 2 aromatic heterocycles. The van der Waals surface area contributed by atoms with Gasteiger partial charge in [-0.2, -0.15) is 5.10 Å². The van der Waals surface area contributed by atoms with E-state index in [1.807, 2.05) is 88.4 Å². The van der Waals surface area contributed by atoms with Gasteiger partial charge in [-0.15, -0.1) is 0 Å². The van der Waals surface area contributed by atoms with Crippen molar-refractivity contribution in [3.05, 3.63) is 114 Å². The highest BCUT2D eigenvalue weighted by atomic mass is 16.5. The zero-order valence-corrected chi connectivity index (χ0v) is 37.1. The van der Waals surface area contributed by atoms with E-state index in [-0.39, 0.29) is 36.7 Å². The second-order valence-electron chi connectivity index (χ2n) is 17.4. The number of fused-ring (bicyclic) bond motifs is 1. The lowest BCUT2D eigenvalue weighted by atomic mass is 9.86. The summed E-state index contributed by atoms with van der Waals surface area (Å²) in [4.78, 5) is 78.0. The maximum atomic E-state index is 13.4. The minimum Gasteiger partial charge on any atom is -0.457 e. The summed E-state index contributed by atoms with van der Waals surface area (Å²) in [6.07, 6.45) is 5.05. The number of piperazine rings is 1. The van der Waals surface area contributed by atoms with Gasteiger partial charge in [0.1, 0.15) is 28.6 Å². The number of piperidine rings is 1. The van der Waals surface area contributed by atoms with Gasteiger partial charge in [-0.05, 0) is 99.0 Å². The van der Waals surface area contributed by atoms with Gasteiger partial charge in [-0.1, -0.05) is 24.3 Å². The molecule has 17 nitrogen and oxygen atoms in total. The highest BCUT2D eigenvalue weighted by Crippen LogP contribution is 2.40. The van der Waals surface area contributed by atoms with Crippen molar-refractivity contribution >= 4 is 46.9 Å². The van der Waals surface area contributed by atoms with Crippen LogP contribution in [0.4, 0.5) is 22.0 Å². The average molecular weight is 894 g/mol. The number of hydrogen-bond acceptors (Lipinski definition) is 11. The van der Waals surface area contributed by atoms with E-state index in [1.54, 1.807) is 24.3 Å². The molecule has 342 valence electrons. The molecule has 6 amide bonds. The number of rotatable bonds is 13. The first kappa shape index (κ1) is 44.0. The molecule has 3 saturated heterocycles. The van der Waals surface area contributed by atoms with Crippen LogP contribution in [-0.4, -0.2) is 125 Å². The van der Waals surface area contributed by atoms with Crippen LogP contribution in [0.15, 0.2) is 97.2 Å².